The van der Waals surface area contributed by atoms with Gasteiger partial charge >= 0.3 is 0 Å². The molecule has 1 N–H and O–H groups in total. The average molecular weight is 362 g/mol. The van der Waals surface area contributed by atoms with E-state index < -0.39 is 0 Å². The summed E-state index contributed by atoms with van der Waals surface area (Å²) in [5, 5.41) is 7.50. The van der Waals surface area contributed by atoms with Crippen LogP contribution in [0.15, 0.2) is 54.6 Å². The van der Waals surface area contributed by atoms with Gasteiger partial charge in [0.15, 0.2) is 0 Å². The lowest BCUT2D eigenvalue weighted by molar-refractivity contribution is 0.0951. The molecule has 0 unspecified atom stereocenters. The van der Waals surface area contributed by atoms with Crippen molar-refractivity contribution in [2.24, 2.45) is 0 Å². The molecule has 1 aromatic heterocycles. The van der Waals surface area contributed by atoms with Gasteiger partial charge in [-0.15, -0.1) is 0 Å². The van der Waals surface area contributed by atoms with Crippen molar-refractivity contribution < 1.29 is 4.79 Å². The fourth-order valence-corrected chi connectivity index (χ4v) is 3.05. The maximum atomic E-state index is 12.6. The summed E-state index contributed by atoms with van der Waals surface area (Å²) in [6.45, 7) is 5.19. The molecule has 140 valence electrons. The third-order valence-corrected chi connectivity index (χ3v) is 4.50. The Kier molecular flexibility index (Phi) is 5.60. The van der Waals surface area contributed by atoms with Gasteiger partial charge in [-0.1, -0.05) is 24.3 Å². The van der Waals surface area contributed by atoms with Crippen molar-refractivity contribution in [2.45, 2.75) is 26.9 Å². The molecule has 0 radical (unpaired) electrons. The van der Waals surface area contributed by atoms with Gasteiger partial charge in [0.25, 0.3) is 5.91 Å². The Morgan fingerprint density at radius 3 is 2.48 bits per heavy atom. The monoisotopic (exact) mass is 362 g/mol. The van der Waals surface area contributed by atoms with Crippen molar-refractivity contribution in [3.63, 3.8) is 0 Å². The quantitative estimate of drug-likeness (QED) is 0.730. The van der Waals surface area contributed by atoms with Crippen molar-refractivity contribution in [3.8, 4) is 0 Å². The van der Waals surface area contributed by atoms with E-state index in [1.54, 1.807) is 0 Å². The van der Waals surface area contributed by atoms with E-state index in [2.05, 4.69) is 22.5 Å². The zero-order valence-corrected chi connectivity index (χ0v) is 16.4. The number of hydrogen-bond donors (Lipinski definition) is 1. The fourth-order valence-electron chi connectivity index (χ4n) is 3.05. The standard InChI is InChI=1S/C22H26N4O/c1-16-11-17(2)26(24-16)15-19-8-5-9-20(12-19)22(27)23-14-18-7-6-10-21(13-18)25(3)4/h5-13H,14-15H2,1-4H3,(H,23,27). The van der Waals surface area contributed by atoms with E-state index >= 15 is 0 Å². The first kappa shape index (κ1) is 18.7. The lowest BCUT2D eigenvalue weighted by atomic mass is 10.1. The Hall–Kier alpha value is -3.08. The average Bonchev–Trinajstić information content (AvgIpc) is 2.97. The maximum Gasteiger partial charge on any atom is 0.251 e. The van der Waals surface area contributed by atoms with Crippen molar-refractivity contribution in [3.05, 3.63) is 82.7 Å². The van der Waals surface area contributed by atoms with E-state index in [1.807, 2.05) is 80.0 Å². The molecule has 0 aliphatic rings. The first-order valence-corrected chi connectivity index (χ1v) is 9.07. The minimum atomic E-state index is -0.0690. The molecule has 3 aromatic rings. The van der Waals surface area contributed by atoms with E-state index in [1.165, 1.54) is 0 Å². The Morgan fingerprint density at radius 2 is 1.78 bits per heavy atom. The van der Waals surface area contributed by atoms with Gasteiger partial charge in [-0.3, -0.25) is 9.48 Å². The molecule has 5 heteroatoms. The topological polar surface area (TPSA) is 50.2 Å². The van der Waals surface area contributed by atoms with Crippen molar-refractivity contribution in [1.82, 2.24) is 15.1 Å². The minimum absolute atomic E-state index is 0.0690. The van der Waals surface area contributed by atoms with Crippen molar-refractivity contribution in [1.29, 1.82) is 0 Å². The molecule has 0 fully saturated rings. The number of nitrogens with zero attached hydrogens (tertiary/aromatic N) is 3. The second kappa shape index (κ2) is 8.08. The largest absolute Gasteiger partial charge is 0.378 e. The highest BCUT2D eigenvalue weighted by molar-refractivity contribution is 5.94. The van der Waals surface area contributed by atoms with Crippen LogP contribution in [0, 0.1) is 13.8 Å². The molecule has 0 saturated heterocycles. The van der Waals surface area contributed by atoms with Crippen molar-refractivity contribution >= 4 is 11.6 Å². The van der Waals surface area contributed by atoms with Gasteiger partial charge in [0, 0.05) is 37.6 Å². The maximum absolute atomic E-state index is 12.6. The Balaban J connectivity index is 1.66. The predicted molar refractivity (Wildman–Crippen MR) is 109 cm³/mol. The fraction of sp³-hybridized carbons (Fsp3) is 0.273. The first-order chi connectivity index (χ1) is 12.9. The molecule has 3 rings (SSSR count). The van der Waals surface area contributed by atoms with Crippen LogP contribution in [0.4, 0.5) is 5.69 Å². The molecule has 0 saturated carbocycles. The third kappa shape index (κ3) is 4.76. The minimum Gasteiger partial charge on any atom is -0.378 e. The lowest BCUT2D eigenvalue weighted by Gasteiger charge is -2.14. The van der Waals surface area contributed by atoms with Gasteiger partial charge in [-0.25, -0.2) is 0 Å². The molecular weight excluding hydrogens is 336 g/mol. The van der Waals surface area contributed by atoms with Gasteiger partial charge in [-0.05, 0) is 55.3 Å². The molecule has 1 amide bonds. The van der Waals surface area contributed by atoms with Gasteiger partial charge in [0.1, 0.15) is 0 Å². The molecule has 0 spiro atoms. The normalized spacial score (nSPS) is 10.7. The Morgan fingerprint density at radius 1 is 1.04 bits per heavy atom. The Bertz CT molecular complexity index is 943. The second-order valence-electron chi connectivity index (χ2n) is 7.03. The number of nitrogens with one attached hydrogen (secondary N) is 1. The van der Waals surface area contributed by atoms with Crippen molar-refractivity contribution in [2.75, 3.05) is 19.0 Å². The SMILES string of the molecule is Cc1cc(C)n(Cc2cccc(C(=O)NCc3cccc(N(C)C)c3)c2)n1. The van der Waals surface area contributed by atoms with E-state index in [4.69, 9.17) is 0 Å². The molecular formula is C22H26N4O. The summed E-state index contributed by atoms with van der Waals surface area (Å²) in [4.78, 5) is 14.6. The molecule has 2 aromatic carbocycles. The number of carbonyl (C=O) groups is 1. The number of benzene rings is 2. The highest BCUT2D eigenvalue weighted by Crippen LogP contribution is 2.14. The number of rotatable bonds is 6. The van der Waals surface area contributed by atoms with E-state index in [0.717, 1.165) is 28.2 Å². The van der Waals surface area contributed by atoms with Crippen LogP contribution in [-0.4, -0.2) is 29.8 Å². The Labute approximate surface area is 160 Å². The summed E-state index contributed by atoms with van der Waals surface area (Å²) >= 11 is 0. The van der Waals surface area contributed by atoms with Crippen LogP contribution in [0.3, 0.4) is 0 Å². The number of carbonyl (C=O) groups excluding carboxylic acids is 1. The van der Waals surface area contributed by atoms with Gasteiger partial charge in [0.2, 0.25) is 0 Å². The van der Waals surface area contributed by atoms with Crippen LogP contribution >= 0.6 is 0 Å². The van der Waals surface area contributed by atoms with E-state index in [0.29, 0.717) is 18.7 Å². The molecule has 5 nitrogen and oxygen atoms in total. The second-order valence-corrected chi connectivity index (χ2v) is 7.03. The van der Waals surface area contributed by atoms with Gasteiger partial charge < -0.3 is 10.2 Å². The van der Waals surface area contributed by atoms with E-state index in [-0.39, 0.29) is 5.91 Å². The van der Waals surface area contributed by atoms with Gasteiger partial charge in [-0.2, -0.15) is 5.10 Å². The summed E-state index contributed by atoms with van der Waals surface area (Å²) in [5.41, 5.74) is 6.03. The number of aryl methyl sites for hydroxylation is 2. The molecule has 0 atom stereocenters. The van der Waals surface area contributed by atoms with Crippen LogP contribution < -0.4 is 10.2 Å². The number of aromatic nitrogens is 2. The van der Waals surface area contributed by atoms with E-state index in [9.17, 15) is 4.79 Å². The first-order valence-electron chi connectivity index (χ1n) is 9.07. The molecule has 0 bridgehead atoms. The predicted octanol–water partition coefficient (Wildman–Crippen LogP) is 3.54. The van der Waals surface area contributed by atoms with Crippen LogP contribution in [0.1, 0.15) is 32.9 Å². The third-order valence-electron chi connectivity index (χ3n) is 4.50. The van der Waals surface area contributed by atoms with Crippen LogP contribution in [-0.2, 0) is 13.1 Å². The number of amides is 1. The van der Waals surface area contributed by atoms with Crippen LogP contribution in [0.25, 0.3) is 0 Å². The zero-order chi connectivity index (χ0) is 19.4. The summed E-state index contributed by atoms with van der Waals surface area (Å²) in [7, 11) is 4.01. The molecule has 27 heavy (non-hydrogen) atoms. The van der Waals surface area contributed by atoms with Crippen LogP contribution in [0.2, 0.25) is 0 Å². The molecule has 0 aliphatic carbocycles. The zero-order valence-electron chi connectivity index (χ0n) is 16.4. The summed E-state index contributed by atoms with van der Waals surface area (Å²) in [6, 6.07) is 17.9. The summed E-state index contributed by atoms with van der Waals surface area (Å²) in [6.07, 6.45) is 0. The molecule has 1 heterocycles. The van der Waals surface area contributed by atoms with Gasteiger partial charge in [0.05, 0.1) is 12.2 Å². The molecule has 0 aliphatic heterocycles. The number of hydrogen-bond acceptors (Lipinski definition) is 3. The number of anilines is 1. The highest BCUT2D eigenvalue weighted by Gasteiger charge is 2.08. The highest BCUT2D eigenvalue weighted by atomic mass is 16.1. The summed E-state index contributed by atoms with van der Waals surface area (Å²) < 4.78 is 1.96. The van der Waals surface area contributed by atoms with Crippen LogP contribution in [0.5, 0.6) is 0 Å². The lowest BCUT2D eigenvalue weighted by Crippen LogP contribution is -2.23. The smallest absolute Gasteiger partial charge is 0.251 e. The summed E-state index contributed by atoms with van der Waals surface area (Å²) in [5.74, 6) is -0.0690.